The molecule has 1 aromatic heterocycles. The van der Waals surface area contributed by atoms with Gasteiger partial charge >= 0.3 is 0 Å². The molecule has 0 bridgehead atoms. The Hall–Kier alpha value is 0.1000. The molecule has 66 valence electrons. The van der Waals surface area contributed by atoms with Crippen LogP contribution in [0.25, 0.3) is 0 Å². The Balaban J connectivity index is 1.82. The number of halogens is 1. The second-order valence-electron chi connectivity index (χ2n) is 2.81. The zero-order chi connectivity index (χ0) is 8.39. The Morgan fingerprint density at radius 2 is 2.50 bits per heavy atom. The highest BCUT2D eigenvalue weighted by Gasteiger charge is 2.17. The minimum absolute atomic E-state index is 0.569. The van der Waals surface area contributed by atoms with Crippen LogP contribution < -0.4 is 5.32 Å². The Morgan fingerprint density at radius 3 is 3.00 bits per heavy atom. The number of thiophene rings is 1. The SMILES string of the molecule is Brc1ccsc1CNC1COC1. The normalized spacial score (nSPS) is 17.8. The summed E-state index contributed by atoms with van der Waals surface area (Å²) in [7, 11) is 0. The van der Waals surface area contributed by atoms with Gasteiger partial charge in [-0.25, -0.2) is 0 Å². The molecule has 12 heavy (non-hydrogen) atoms. The van der Waals surface area contributed by atoms with Crippen molar-refractivity contribution >= 4 is 27.3 Å². The largest absolute Gasteiger partial charge is 0.378 e. The van der Waals surface area contributed by atoms with E-state index in [1.165, 1.54) is 9.35 Å². The van der Waals surface area contributed by atoms with Gasteiger partial charge in [-0.15, -0.1) is 11.3 Å². The molecule has 1 fully saturated rings. The molecule has 1 aliphatic rings. The van der Waals surface area contributed by atoms with Crippen LogP contribution in [-0.2, 0) is 11.3 Å². The van der Waals surface area contributed by atoms with Crippen molar-refractivity contribution in [1.29, 1.82) is 0 Å². The molecular formula is C8H10BrNOS. The minimum atomic E-state index is 0.569. The van der Waals surface area contributed by atoms with Crippen LogP contribution >= 0.6 is 27.3 Å². The molecule has 0 spiro atoms. The van der Waals surface area contributed by atoms with Crippen LogP contribution in [0.3, 0.4) is 0 Å². The Kier molecular flexibility index (Phi) is 2.80. The number of hydrogen-bond donors (Lipinski definition) is 1. The highest BCUT2D eigenvalue weighted by atomic mass is 79.9. The van der Waals surface area contributed by atoms with E-state index in [2.05, 4.69) is 32.7 Å². The molecule has 1 saturated heterocycles. The van der Waals surface area contributed by atoms with Gasteiger partial charge in [0, 0.05) is 15.9 Å². The van der Waals surface area contributed by atoms with E-state index in [-0.39, 0.29) is 0 Å². The average Bonchev–Trinajstić information content (AvgIpc) is 2.33. The maximum atomic E-state index is 5.06. The van der Waals surface area contributed by atoms with Gasteiger partial charge in [0.1, 0.15) is 0 Å². The van der Waals surface area contributed by atoms with Crippen molar-refractivity contribution < 1.29 is 4.74 Å². The number of ether oxygens (including phenoxy) is 1. The van der Waals surface area contributed by atoms with E-state index in [0.29, 0.717) is 6.04 Å². The van der Waals surface area contributed by atoms with Crippen LogP contribution in [0.2, 0.25) is 0 Å². The van der Waals surface area contributed by atoms with Gasteiger partial charge < -0.3 is 10.1 Å². The summed E-state index contributed by atoms with van der Waals surface area (Å²) in [6.45, 7) is 2.68. The lowest BCUT2D eigenvalue weighted by Gasteiger charge is -2.26. The number of hydrogen-bond acceptors (Lipinski definition) is 3. The Morgan fingerprint density at radius 1 is 1.67 bits per heavy atom. The number of nitrogens with one attached hydrogen (secondary N) is 1. The predicted molar refractivity (Wildman–Crippen MR) is 53.5 cm³/mol. The van der Waals surface area contributed by atoms with Crippen molar-refractivity contribution in [3.63, 3.8) is 0 Å². The molecule has 4 heteroatoms. The van der Waals surface area contributed by atoms with E-state index >= 15 is 0 Å². The van der Waals surface area contributed by atoms with Gasteiger partial charge in [-0.3, -0.25) is 0 Å². The average molecular weight is 248 g/mol. The summed E-state index contributed by atoms with van der Waals surface area (Å²) in [6, 6.07) is 2.65. The van der Waals surface area contributed by atoms with Crippen LogP contribution in [0, 0.1) is 0 Å². The molecule has 0 unspecified atom stereocenters. The molecule has 1 N–H and O–H groups in total. The zero-order valence-electron chi connectivity index (χ0n) is 6.55. The first kappa shape index (κ1) is 8.69. The highest BCUT2D eigenvalue weighted by Crippen LogP contribution is 2.22. The monoisotopic (exact) mass is 247 g/mol. The second-order valence-corrected chi connectivity index (χ2v) is 4.66. The molecule has 2 rings (SSSR count). The number of rotatable bonds is 3. The van der Waals surface area contributed by atoms with Gasteiger partial charge in [-0.05, 0) is 27.4 Å². The summed E-state index contributed by atoms with van der Waals surface area (Å²) < 4.78 is 6.27. The standard InChI is InChI=1S/C8H10BrNOS/c9-7-1-2-12-8(7)3-10-6-4-11-5-6/h1-2,6,10H,3-5H2. The first-order valence-electron chi connectivity index (χ1n) is 3.89. The summed E-state index contributed by atoms with van der Waals surface area (Å²) in [5, 5.41) is 5.51. The molecule has 1 aromatic rings. The molecule has 2 heterocycles. The van der Waals surface area contributed by atoms with Crippen molar-refractivity contribution in [2.75, 3.05) is 13.2 Å². The second kappa shape index (κ2) is 3.87. The molecule has 0 aliphatic carbocycles. The lowest BCUT2D eigenvalue weighted by molar-refractivity contribution is -0.00569. The lowest BCUT2D eigenvalue weighted by Crippen LogP contribution is -2.45. The molecular weight excluding hydrogens is 238 g/mol. The topological polar surface area (TPSA) is 21.3 Å². The predicted octanol–water partition coefficient (Wildman–Crippen LogP) is 2.00. The molecule has 2 nitrogen and oxygen atoms in total. The summed E-state index contributed by atoms with van der Waals surface area (Å²) in [4.78, 5) is 1.36. The Labute approximate surface area is 84.1 Å². The maximum absolute atomic E-state index is 5.06. The van der Waals surface area contributed by atoms with E-state index in [1.807, 2.05) is 0 Å². The molecule has 0 aromatic carbocycles. The van der Waals surface area contributed by atoms with Gasteiger partial charge in [0.15, 0.2) is 0 Å². The van der Waals surface area contributed by atoms with E-state index < -0.39 is 0 Å². The van der Waals surface area contributed by atoms with Crippen molar-refractivity contribution in [2.24, 2.45) is 0 Å². The highest BCUT2D eigenvalue weighted by molar-refractivity contribution is 9.10. The maximum Gasteiger partial charge on any atom is 0.0643 e. The molecule has 0 atom stereocenters. The minimum Gasteiger partial charge on any atom is -0.378 e. The fourth-order valence-electron chi connectivity index (χ4n) is 1.04. The van der Waals surface area contributed by atoms with Crippen LogP contribution in [0.15, 0.2) is 15.9 Å². The van der Waals surface area contributed by atoms with Gasteiger partial charge in [0.25, 0.3) is 0 Å². The molecule has 0 amide bonds. The van der Waals surface area contributed by atoms with E-state index in [9.17, 15) is 0 Å². The first-order chi connectivity index (χ1) is 5.86. The smallest absolute Gasteiger partial charge is 0.0643 e. The quantitative estimate of drug-likeness (QED) is 0.883. The van der Waals surface area contributed by atoms with Crippen LogP contribution in [0.1, 0.15) is 4.88 Å². The zero-order valence-corrected chi connectivity index (χ0v) is 8.95. The summed E-state index contributed by atoms with van der Waals surface area (Å²) in [5.74, 6) is 0. The van der Waals surface area contributed by atoms with Crippen LogP contribution in [0.4, 0.5) is 0 Å². The van der Waals surface area contributed by atoms with Crippen molar-refractivity contribution in [3.05, 3.63) is 20.8 Å². The van der Waals surface area contributed by atoms with Gasteiger partial charge in [0.2, 0.25) is 0 Å². The van der Waals surface area contributed by atoms with Crippen molar-refractivity contribution in [3.8, 4) is 0 Å². The third-order valence-corrected chi connectivity index (χ3v) is 3.81. The van der Waals surface area contributed by atoms with E-state index in [1.54, 1.807) is 11.3 Å². The first-order valence-corrected chi connectivity index (χ1v) is 5.56. The van der Waals surface area contributed by atoms with Crippen LogP contribution in [0.5, 0.6) is 0 Å². The fraction of sp³-hybridized carbons (Fsp3) is 0.500. The molecule has 0 saturated carbocycles. The van der Waals surface area contributed by atoms with Gasteiger partial charge in [-0.1, -0.05) is 0 Å². The molecule has 1 aliphatic heterocycles. The van der Waals surface area contributed by atoms with Gasteiger partial charge in [0.05, 0.1) is 19.3 Å². The fourth-order valence-corrected chi connectivity index (χ4v) is 2.49. The van der Waals surface area contributed by atoms with E-state index in [4.69, 9.17) is 4.74 Å². The lowest BCUT2D eigenvalue weighted by atomic mass is 10.2. The third-order valence-electron chi connectivity index (χ3n) is 1.88. The summed E-state index contributed by atoms with van der Waals surface area (Å²) in [5.41, 5.74) is 0. The van der Waals surface area contributed by atoms with Gasteiger partial charge in [-0.2, -0.15) is 0 Å². The summed E-state index contributed by atoms with van der Waals surface area (Å²) in [6.07, 6.45) is 0. The van der Waals surface area contributed by atoms with Crippen LogP contribution in [-0.4, -0.2) is 19.3 Å². The molecule has 0 radical (unpaired) electrons. The summed E-state index contributed by atoms with van der Waals surface area (Å²) >= 11 is 5.27. The Bertz CT molecular complexity index is 259. The van der Waals surface area contributed by atoms with Crippen molar-refractivity contribution in [2.45, 2.75) is 12.6 Å². The third kappa shape index (κ3) is 1.88. The van der Waals surface area contributed by atoms with E-state index in [0.717, 1.165) is 19.8 Å². The van der Waals surface area contributed by atoms with Crippen molar-refractivity contribution in [1.82, 2.24) is 5.32 Å².